The average molecular weight is 285 g/mol. The van der Waals surface area contributed by atoms with E-state index in [4.69, 9.17) is 5.11 Å². The molecule has 4 nitrogen and oxygen atoms in total. The SMILES string of the molecule is Cc1ccnc(N2CCC[C@H]2C(=O)O)c1Br. The van der Waals surface area contributed by atoms with Gasteiger partial charge in [-0.2, -0.15) is 0 Å². The minimum Gasteiger partial charge on any atom is -0.480 e. The van der Waals surface area contributed by atoms with Gasteiger partial charge in [-0.3, -0.25) is 0 Å². The van der Waals surface area contributed by atoms with Gasteiger partial charge in [0.15, 0.2) is 0 Å². The minimum atomic E-state index is -0.771. The van der Waals surface area contributed by atoms with Crippen molar-refractivity contribution in [3.63, 3.8) is 0 Å². The number of pyridine rings is 1. The Labute approximate surface area is 102 Å². The lowest BCUT2D eigenvalue weighted by molar-refractivity contribution is -0.138. The van der Waals surface area contributed by atoms with Gasteiger partial charge in [0.05, 0.1) is 4.47 Å². The molecule has 0 unspecified atom stereocenters. The van der Waals surface area contributed by atoms with Gasteiger partial charge in [-0.05, 0) is 47.3 Å². The molecular weight excluding hydrogens is 272 g/mol. The summed E-state index contributed by atoms with van der Waals surface area (Å²) in [5, 5.41) is 9.12. The maximum atomic E-state index is 11.1. The van der Waals surface area contributed by atoms with E-state index in [1.54, 1.807) is 6.20 Å². The molecule has 0 aliphatic carbocycles. The molecule has 1 atom stereocenters. The number of carbonyl (C=O) groups is 1. The number of rotatable bonds is 2. The van der Waals surface area contributed by atoms with Crippen LogP contribution < -0.4 is 4.90 Å². The monoisotopic (exact) mass is 284 g/mol. The summed E-state index contributed by atoms with van der Waals surface area (Å²) in [6.07, 6.45) is 3.31. The number of nitrogens with zero attached hydrogens (tertiary/aromatic N) is 2. The first kappa shape index (κ1) is 11.4. The maximum absolute atomic E-state index is 11.1. The summed E-state index contributed by atoms with van der Waals surface area (Å²) in [6.45, 7) is 2.73. The normalized spacial score (nSPS) is 20.1. The molecule has 1 aromatic rings. The molecule has 0 radical (unpaired) electrons. The third-order valence-corrected chi connectivity index (χ3v) is 3.85. The van der Waals surface area contributed by atoms with Crippen molar-refractivity contribution in [2.75, 3.05) is 11.4 Å². The molecule has 1 fully saturated rings. The number of carboxylic acids is 1. The van der Waals surface area contributed by atoms with Gasteiger partial charge in [0, 0.05) is 12.7 Å². The predicted octanol–water partition coefficient (Wildman–Crippen LogP) is 2.21. The highest BCUT2D eigenvalue weighted by Gasteiger charge is 2.32. The molecular formula is C11H13BrN2O2. The Morgan fingerprint density at radius 1 is 1.69 bits per heavy atom. The fourth-order valence-corrected chi connectivity index (χ4v) is 2.47. The summed E-state index contributed by atoms with van der Waals surface area (Å²) in [7, 11) is 0. The van der Waals surface area contributed by atoms with E-state index in [1.165, 1.54) is 0 Å². The van der Waals surface area contributed by atoms with Crippen LogP contribution in [0.4, 0.5) is 5.82 Å². The highest BCUT2D eigenvalue weighted by atomic mass is 79.9. The van der Waals surface area contributed by atoms with E-state index in [0.29, 0.717) is 6.42 Å². The van der Waals surface area contributed by atoms with Crippen LogP contribution in [-0.4, -0.2) is 28.6 Å². The van der Waals surface area contributed by atoms with Crippen LogP contribution in [-0.2, 0) is 4.79 Å². The summed E-state index contributed by atoms with van der Waals surface area (Å²) in [5.41, 5.74) is 1.07. The predicted molar refractivity (Wildman–Crippen MR) is 64.7 cm³/mol. The summed E-state index contributed by atoms with van der Waals surface area (Å²) >= 11 is 3.47. The van der Waals surface area contributed by atoms with Crippen molar-refractivity contribution in [3.05, 3.63) is 22.3 Å². The van der Waals surface area contributed by atoms with Crippen LogP contribution in [0.15, 0.2) is 16.7 Å². The Morgan fingerprint density at radius 2 is 2.44 bits per heavy atom. The first-order valence-corrected chi connectivity index (χ1v) is 6.01. The number of hydrogen-bond donors (Lipinski definition) is 1. The second-order valence-electron chi connectivity index (χ2n) is 3.96. The molecule has 86 valence electrons. The number of halogens is 1. The maximum Gasteiger partial charge on any atom is 0.326 e. The summed E-state index contributed by atoms with van der Waals surface area (Å²) < 4.78 is 0.892. The van der Waals surface area contributed by atoms with E-state index < -0.39 is 12.0 Å². The van der Waals surface area contributed by atoms with E-state index in [9.17, 15) is 4.79 Å². The molecule has 1 saturated heterocycles. The second-order valence-corrected chi connectivity index (χ2v) is 4.75. The van der Waals surface area contributed by atoms with Crippen molar-refractivity contribution >= 4 is 27.7 Å². The quantitative estimate of drug-likeness (QED) is 0.905. The van der Waals surface area contributed by atoms with Gasteiger partial charge in [0.1, 0.15) is 11.9 Å². The standard InChI is InChI=1S/C11H13BrN2O2/c1-7-4-5-13-10(9(7)12)14-6-2-3-8(14)11(15)16/h4-5,8H,2-3,6H2,1H3,(H,15,16)/t8-/m0/s1. The van der Waals surface area contributed by atoms with Crippen molar-refractivity contribution in [1.29, 1.82) is 0 Å². The number of aliphatic carboxylic acids is 1. The zero-order chi connectivity index (χ0) is 11.7. The minimum absolute atomic E-state index is 0.439. The number of aryl methyl sites for hydroxylation is 1. The highest BCUT2D eigenvalue weighted by molar-refractivity contribution is 9.10. The number of aromatic nitrogens is 1. The summed E-state index contributed by atoms with van der Waals surface area (Å²) in [5.74, 6) is -0.0300. The van der Waals surface area contributed by atoms with Gasteiger partial charge in [-0.25, -0.2) is 9.78 Å². The molecule has 1 aliphatic heterocycles. The molecule has 1 N–H and O–H groups in total. The number of anilines is 1. The number of hydrogen-bond acceptors (Lipinski definition) is 3. The Balaban J connectivity index is 2.36. The Hall–Kier alpha value is -1.10. The Morgan fingerprint density at radius 3 is 3.12 bits per heavy atom. The summed E-state index contributed by atoms with van der Waals surface area (Å²) in [4.78, 5) is 17.2. The molecule has 5 heteroatoms. The van der Waals surface area contributed by atoms with Gasteiger partial charge in [-0.15, -0.1) is 0 Å². The molecule has 0 amide bonds. The van der Waals surface area contributed by atoms with Crippen molar-refractivity contribution < 1.29 is 9.90 Å². The van der Waals surface area contributed by atoms with Gasteiger partial charge in [0.2, 0.25) is 0 Å². The molecule has 0 bridgehead atoms. The summed E-state index contributed by atoms with van der Waals surface area (Å²) in [6, 6.07) is 1.46. The smallest absolute Gasteiger partial charge is 0.326 e. The molecule has 0 spiro atoms. The van der Waals surface area contributed by atoms with E-state index in [0.717, 1.165) is 28.8 Å². The molecule has 2 heterocycles. The molecule has 2 rings (SSSR count). The van der Waals surface area contributed by atoms with Crippen LogP contribution in [0.1, 0.15) is 18.4 Å². The second kappa shape index (κ2) is 4.41. The van der Waals surface area contributed by atoms with E-state index in [1.807, 2.05) is 17.9 Å². The fraction of sp³-hybridized carbons (Fsp3) is 0.455. The van der Waals surface area contributed by atoms with Crippen LogP contribution in [0.5, 0.6) is 0 Å². The van der Waals surface area contributed by atoms with Crippen molar-refractivity contribution in [3.8, 4) is 0 Å². The molecule has 1 aromatic heterocycles. The van der Waals surface area contributed by atoms with Gasteiger partial charge < -0.3 is 10.0 Å². The zero-order valence-electron chi connectivity index (χ0n) is 8.98. The molecule has 16 heavy (non-hydrogen) atoms. The van der Waals surface area contributed by atoms with Gasteiger partial charge in [-0.1, -0.05) is 0 Å². The van der Waals surface area contributed by atoms with Crippen molar-refractivity contribution in [2.24, 2.45) is 0 Å². The number of carboxylic acid groups (broad SMARTS) is 1. The third-order valence-electron chi connectivity index (χ3n) is 2.87. The Kier molecular flexibility index (Phi) is 3.14. The molecule has 0 aromatic carbocycles. The van der Waals surface area contributed by atoms with Crippen molar-refractivity contribution in [2.45, 2.75) is 25.8 Å². The molecule has 0 saturated carbocycles. The third kappa shape index (κ3) is 1.91. The van der Waals surface area contributed by atoms with E-state index >= 15 is 0 Å². The van der Waals surface area contributed by atoms with Crippen LogP contribution in [0.2, 0.25) is 0 Å². The van der Waals surface area contributed by atoms with Crippen LogP contribution in [0, 0.1) is 6.92 Å². The Bertz CT molecular complexity index is 422. The average Bonchev–Trinajstić information content (AvgIpc) is 2.70. The lowest BCUT2D eigenvalue weighted by Crippen LogP contribution is -2.36. The van der Waals surface area contributed by atoms with Crippen LogP contribution in [0.25, 0.3) is 0 Å². The van der Waals surface area contributed by atoms with Crippen molar-refractivity contribution in [1.82, 2.24) is 4.98 Å². The van der Waals surface area contributed by atoms with E-state index in [-0.39, 0.29) is 0 Å². The zero-order valence-corrected chi connectivity index (χ0v) is 10.6. The van der Waals surface area contributed by atoms with Gasteiger partial charge in [0.25, 0.3) is 0 Å². The highest BCUT2D eigenvalue weighted by Crippen LogP contribution is 2.32. The molecule has 1 aliphatic rings. The van der Waals surface area contributed by atoms with Crippen LogP contribution in [0.3, 0.4) is 0 Å². The lowest BCUT2D eigenvalue weighted by atomic mass is 10.2. The topological polar surface area (TPSA) is 53.4 Å². The first-order chi connectivity index (χ1) is 7.61. The largest absolute Gasteiger partial charge is 0.480 e. The van der Waals surface area contributed by atoms with Crippen LogP contribution >= 0.6 is 15.9 Å². The fourth-order valence-electron chi connectivity index (χ4n) is 2.00. The first-order valence-electron chi connectivity index (χ1n) is 5.22. The van der Waals surface area contributed by atoms with E-state index in [2.05, 4.69) is 20.9 Å². The lowest BCUT2D eigenvalue weighted by Gasteiger charge is -2.23. The van der Waals surface area contributed by atoms with Gasteiger partial charge >= 0.3 is 5.97 Å².